The predicted octanol–water partition coefficient (Wildman–Crippen LogP) is 2.92. The lowest BCUT2D eigenvalue weighted by atomic mass is 10.00. The van der Waals surface area contributed by atoms with Gasteiger partial charge in [-0.25, -0.2) is 0 Å². The van der Waals surface area contributed by atoms with Crippen molar-refractivity contribution in [2.75, 3.05) is 6.54 Å². The molecule has 0 unspecified atom stereocenters. The Morgan fingerprint density at radius 2 is 1.69 bits per heavy atom. The van der Waals surface area contributed by atoms with Crippen molar-refractivity contribution >= 4 is 5.91 Å². The van der Waals surface area contributed by atoms with E-state index >= 15 is 0 Å². The lowest BCUT2D eigenvalue weighted by Gasteiger charge is -2.27. The number of carbonyl (C=O) groups is 1. The summed E-state index contributed by atoms with van der Waals surface area (Å²) in [6.07, 6.45) is 3.35. The number of aliphatic hydroxyl groups is 1. The highest BCUT2D eigenvalue weighted by Gasteiger charge is 2.40. The Kier molecular flexibility index (Phi) is 6.07. The van der Waals surface area contributed by atoms with Crippen LogP contribution in [0.25, 0.3) is 0 Å². The van der Waals surface area contributed by atoms with Crippen LogP contribution >= 0.6 is 0 Å². The van der Waals surface area contributed by atoms with Gasteiger partial charge in [0, 0.05) is 17.6 Å². The van der Waals surface area contributed by atoms with E-state index in [9.17, 15) is 9.90 Å². The second kappa shape index (κ2) is 8.47. The summed E-state index contributed by atoms with van der Waals surface area (Å²) in [5.41, 5.74) is 1.90. The van der Waals surface area contributed by atoms with Crippen LogP contribution in [-0.4, -0.2) is 35.2 Å². The molecule has 2 aromatic rings. The van der Waals surface area contributed by atoms with Crippen LogP contribution in [0, 0.1) is 0 Å². The van der Waals surface area contributed by atoms with E-state index in [-0.39, 0.29) is 17.5 Å². The molecule has 2 atom stereocenters. The Balaban J connectivity index is 1.67. The molecule has 3 N–H and O–H groups in total. The van der Waals surface area contributed by atoms with Gasteiger partial charge in [0.25, 0.3) is 5.91 Å². The highest BCUT2D eigenvalue weighted by Crippen LogP contribution is 2.38. The van der Waals surface area contributed by atoms with Crippen LogP contribution in [0.1, 0.15) is 42.1 Å². The number of hydrogen-bond acceptors (Lipinski definition) is 3. The minimum Gasteiger partial charge on any atom is -0.390 e. The Hall–Kier alpha value is -2.17. The van der Waals surface area contributed by atoms with Crippen LogP contribution < -0.4 is 10.6 Å². The zero-order valence-corrected chi connectivity index (χ0v) is 15.3. The molecule has 0 radical (unpaired) electrons. The molecule has 26 heavy (non-hydrogen) atoms. The van der Waals surface area contributed by atoms with Gasteiger partial charge in [0.05, 0.1) is 12.1 Å². The molecule has 1 aliphatic carbocycles. The first-order chi connectivity index (χ1) is 12.6. The topological polar surface area (TPSA) is 61.4 Å². The summed E-state index contributed by atoms with van der Waals surface area (Å²) in [6, 6.07) is 18.8. The monoisotopic (exact) mass is 352 g/mol. The molecule has 0 spiro atoms. The lowest BCUT2D eigenvalue weighted by molar-refractivity contribution is 0.0822. The number of rotatable bonds is 9. The van der Waals surface area contributed by atoms with E-state index in [1.54, 1.807) is 12.1 Å². The van der Waals surface area contributed by atoms with Crippen LogP contribution in [0.15, 0.2) is 60.7 Å². The summed E-state index contributed by atoms with van der Waals surface area (Å²) in [5, 5.41) is 17.3. The third kappa shape index (κ3) is 4.93. The van der Waals surface area contributed by atoms with Gasteiger partial charge in [0.2, 0.25) is 0 Å². The molecule has 0 bridgehead atoms. The van der Waals surface area contributed by atoms with Gasteiger partial charge >= 0.3 is 0 Å². The normalized spacial score (nSPS) is 17.3. The van der Waals surface area contributed by atoms with Crippen molar-refractivity contribution in [1.82, 2.24) is 10.6 Å². The summed E-state index contributed by atoms with van der Waals surface area (Å²) in [7, 11) is 0. The van der Waals surface area contributed by atoms with Gasteiger partial charge in [0.1, 0.15) is 0 Å². The van der Waals surface area contributed by atoms with Gasteiger partial charge in [-0.15, -0.1) is 0 Å². The molecule has 1 fully saturated rings. The van der Waals surface area contributed by atoms with E-state index in [0.717, 1.165) is 24.8 Å². The second-order valence-corrected chi connectivity index (χ2v) is 7.22. The van der Waals surface area contributed by atoms with Crippen molar-refractivity contribution in [3.63, 3.8) is 0 Å². The summed E-state index contributed by atoms with van der Waals surface area (Å²) < 4.78 is 0. The maximum Gasteiger partial charge on any atom is 0.251 e. The SMILES string of the molecule is CCC1(NC[C@@H](O)[C@H](Cc2ccccc2)NC(=O)c2ccccc2)CC1. The van der Waals surface area contributed by atoms with Crippen molar-refractivity contribution < 1.29 is 9.90 Å². The Morgan fingerprint density at radius 1 is 1.08 bits per heavy atom. The van der Waals surface area contributed by atoms with Crippen LogP contribution in [0.3, 0.4) is 0 Å². The highest BCUT2D eigenvalue weighted by atomic mass is 16.3. The number of nitrogens with one attached hydrogen (secondary N) is 2. The van der Waals surface area contributed by atoms with E-state index in [4.69, 9.17) is 0 Å². The number of benzene rings is 2. The fourth-order valence-electron chi connectivity index (χ4n) is 3.26. The zero-order valence-electron chi connectivity index (χ0n) is 15.3. The Morgan fingerprint density at radius 3 is 2.27 bits per heavy atom. The molecule has 0 heterocycles. The number of β-amino-alcohol motifs (C(OH)–C–C–N with tert-alkyl or cyclic N) is 1. The predicted molar refractivity (Wildman–Crippen MR) is 104 cm³/mol. The molecule has 4 heteroatoms. The molecular formula is C22H28N2O2. The summed E-state index contributed by atoms with van der Waals surface area (Å²) in [5.74, 6) is -0.151. The molecular weight excluding hydrogens is 324 g/mol. The van der Waals surface area contributed by atoms with Crippen molar-refractivity contribution in [3.8, 4) is 0 Å². The largest absolute Gasteiger partial charge is 0.390 e. The van der Waals surface area contributed by atoms with Crippen molar-refractivity contribution in [3.05, 3.63) is 71.8 Å². The summed E-state index contributed by atoms with van der Waals surface area (Å²) in [6.45, 7) is 2.66. The first-order valence-corrected chi connectivity index (χ1v) is 9.45. The fourth-order valence-corrected chi connectivity index (χ4v) is 3.26. The number of hydrogen-bond donors (Lipinski definition) is 3. The average Bonchev–Trinajstić information content (AvgIpc) is 3.47. The van der Waals surface area contributed by atoms with E-state index in [1.165, 1.54) is 0 Å². The molecule has 4 nitrogen and oxygen atoms in total. The molecule has 138 valence electrons. The highest BCUT2D eigenvalue weighted by molar-refractivity contribution is 5.94. The molecule has 0 aromatic heterocycles. The third-order valence-electron chi connectivity index (χ3n) is 5.33. The van der Waals surface area contributed by atoms with Crippen LogP contribution in [0.4, 0.5) is 0 Å². The Labute approximate surface area is 155 Å². The van der Waals surface area contributed by atoms with Gasteiger partial charge < -0.3 is 15.7 Å². The first kappa shape index (κ1) is 18.6. The van der Waals surface area contributed by atoms with Gasteiger partial charge in [-0.3, -0.25) is 4.79 Å². The average molecular weight is 352 g/mol. The van der Waals surface area contributed by atoms with Gasteiger partial charge in [0.15, 0.2) is 0 Å². The molecule has 2 aromatic carbocycles. The molecule has 1 aliphatic rings. The zero-order chi connectivity index (χ0) is 18.4. The van der Waals surface area contributed by atoms with Crippen LogP contribution in [0.2, 0.25) is 0 Å². The van der Waals surface area contributed by atoms with Crippen LogP contribution in [0.5, 0.6) is 0 Å². The Bertz CT molecular complexity index is 699. The number of carbonyl (C=O) groups excluding carboxylic acids is 1. The minimum absolute atomic E-state index is 0.151. The summed E-state index contributed by atoms with van der Waals surface area (Å²) in [4.78, 5) is 12.6. The van der Waals surface area contributed by atoms with Gasteiger partial charge in [-0.1, -0.05) is 55.5 Å². The minimum atomic E-state index is -0.646. The van der Waals surface area contributed by atoms with Crippen molar-refractivity contribution in [2.24, 2.45) is 0 Å². The second-order valence-electron chi connectivity index (χ2n) is 7.22. The van der Waals surface area contributed by atoms with Crippen LogP contribution in [-0.2, 0) is 6.42 Å². The van der Waals surface area contributed by atoms with Crippen molar-refractivity contribution in [1.29, 1.82) is 0 Å². The molecule has 1 saturated carbocycles. The molecule has 0 aliphatic heterocycles. The van der Waals surface area contributed by atoms with Crippen molar-refractivity contribution in [2.45, 2.75) is 50.3 Å². The van der Waals surface area contributed by atoms with E-state index < -0.39 is 6.10 Å². The lowest BCUT2D eigenvalue weighted by Crippen LogP contribution is -2.50. The fraction of sp³-hybridized carbons (Fsp3) is 0.409. The number of aliphatic hydroxyl groups excluding tert-OH is 1. The van der Waals surface area contributed by atoms with E-state index in [2.05, 4.69) is 17.6 Å². The number of amides is 1. The quantitative estimate of drug-likeness (QED) is 0.650. The maximum absolute atomic E-state index is 12.6. The molecule has 3 rings (SSSR count). The summed E-state index contributed by atoms with van der Waals surface area (Å²) >= 11 is 0. The molecule has 0 saturated heterocycles. The van der Waals surface area contributed by atoms with E-state index in [0.29, 0.717) is 18.5 Å². The standard InChI is InChI=1S/C22H28N2O2/c1-2-22(13-14-22)23-16-20(25)19(15-17-9-5-3-6-10-17)24-21(26)18-11-7-4-8-12-18/h3-12,19-20,23,25H,2,13-16H2,1H3,(H,24,26)/t19-,20+/m0/s1. The maximum atomic E-state index is 12.6. The third-order valence-corrected chi connectivity index (χ3v) is 5.33. The molecule has 1 amide bonds. The smallest absolute Gasteiger partial charge is 0.251 e. The van der Waals surface area contributed by atoms with Gasteiger partial charge in [-0.2, -0.15) is 0 Å². The van der Waals surface area contributed by atoms with Gasteiger partial charge in [-0.05, 0) is 43.4 Å². The first-order valence-electron chi connectivity index (χ1n) is 9.45. The van der Waals surface area contributed by atoms with E-state index in [1.807, 2.05) is 48.5 Å².